The number of methoxy groups -OCH3 is 2. The van der Waals surface area contributed by atoms with Crippen LogP contribution in [0.25, 0.3) is 6.08 Å². The Morgan fingerprint density at radius 1 is 1.06 bits per heavy atom. The lowest BCUT2D eigenvalue weighted by Crippen LogP contribution is -2.35. The number of aromatic hydroxyl groups is 2. The fourth-order valence-corrected chi connectivity index (χ4v) is 5.30. The van der Waals surface area contributed by atoms with Gasteiger partial charge in [0, 0.05) is 49.3 Å². The Hall–Kier alpha value is -5.40. The lowest BCUT2D eigenvalue weighted by atomic mass is 9.92. The maximum absolute atomic E-state index is 13.2. The monoisotopic (exact) mass is 676 g/mol. The van der Waals surface area contributed by atoms with Gasteiger partial charge >= 0.3 is 6.09 Å². The normalized spacial score (nSPS) is 21.6. The lowest BCUT2D eigenvalue weighted by Gasteiger charge is -2.26. The average Bonchev–Trinajstić information content (AvgIpc) is 3.07. The van der Waals surface area contributed by atoms with E-state index in [4.69, 9.17) is 24.8 Å². The molecule has 3 amide bonds. The van der Waals surface area contributed by atoms with Gasteiger partial charge < -0.3 is 45.6 Å². The molecule has 13 heteroatoms. The summed E-state index contributed by atoms with van der Waals surface area (Å²) in [4.78, 5) is 43.4. The van der Waals surface area contributed by atoms with E-state index in [2.05, 4.69) is 15.8 Å². The summed E-state index contributed by atoms with van der Waals surface area (Å²) in [5.41, 5.74) is 7.58. The van der Waals surface area contributed by atoms with Crippen molar-refractivity contribution in [3.05, 3.63) is 88.5 Å². The van der Waals surface area contributed by atoms with Crippen molar-refractivity contribution in [1.82, 2.24) is 0 Å². The van der Waals surface area contributed by atoms with Crippen LogP contribution in [0.2, 0.25) is 0 Å². The topological polar surface area (TPSA) is 191 Å². The predicted molar refractivity (Wildman–Crippen MR) is 187 cm³/mol. The Morgan fingerprint density at radius 2 is 1.76 bits per heavy atom. The van der Waals surface area contributed by atoms with Gasteiger partial charge in [0.2, 0.25) is 0 Å². The number of anilines is 2. The third kappa shape index (κ3) is 10.0. The zero-order valence-electron chi connectivity index (χ0n) is 28.6. The Morgan fingerprint density at radius 3 is 2.37 bits per heavy atom. The van der Waals surface area contributed by atoms with Gasteiger partial charge in [0.05, 0.1) is 17.1 Å². The zero-order valence-corrected chi connectivity index (χ0v) is 28.6. The van der Waals surface area contributed by atoms with Gasteiger partial charge in [0.25, 0.3) is 11.8 Å². The minimum atomic E-state index is -1.00. The Kier molecular flexibility index (Phi) is 13.7. The number of allylic oxidation sites excluding steroid dienone is 3. The van der Waals surface area contributed by atoms with Gasteiger partial charge in [-0.15, -0.1) is 0 Å². The summed E-state index contributed by atoms with van der Waals surface area (Å²) in [6, 6.07) is 9.53. The maximum Gasteiger partial charge on any atom is 0.405 e. The van der Waals surface area contributed by atoms with Gasteiger partial charge in [-0.3, -0.25) is 9.59 Å². The van der Waals surface area contributed by atoms with Crippen molar-refractivity contribution in [1.29, 1.82) is 0 Å². The molecular weight excluding hydrogens is 632 g/mol. The van der Waals surface area contributed by atoms with Crippen LogP contribution >= 0.6 is 0 Å². The van der Waals surface area contributed by atoms with Gasteiger partial charge in [-0.05, 0) is 44.6 Å². The predicted octanol–water partition coefficient (Wildman–Crippen LogP) is 5.68. The number of phenolic OH excluding ortho intramolecular Hbond substituents is 2. The number of carbonyl (C=O) groups is 3. The fraction of sp³-hybridized carbons (Fsp3) is 0.333. The molecule has 262 valence electrons. The molecule has 49 heavy (non-hydrogen) atoms. The number of hydrogen-bond donors (Lipinski definition) is 5. The van der Waals surface area contributed by atoms with Crippen LogP contribution in [0.3, 0.4) is 0 Å². The Bertz CT molecular complexity index is 1680. The average molecular weight is 677 g/mol. The molecule has 13 nitrogen and oxygen atoms in total. The molecule has 0 unspecified atom stereocenters. The first kappa shape index (κ1) is 38.1. The van der Waals surface area contributed by atoms with Gasteiger partial charge in [-0.25, -0.2) is 4.79 Å². The van der Waals surface area contributed by atoms with E-state index in [1.807, 2.05) is 13.0 Å². The highest BCUT2D eigenvalue weighted by atomic mass is 16.6. The summed E-state index contributed by atoms with van der Waals surface area (Å²) in [6.45, 7) is 6.94. The largest absolute Gasteiger partial charge is 0.506 e. The van der Waals surface area contributed by atoms with E-state index in [9.17, 15) is 24.6 Å². The van der Waals surface area contributed by atoms with Crippen molar-refractivity contribution in [2.75, 3.05) is 32.0 Å². The van der Waals surface area contributed by atoms with Crippen molar-refractivity contribution in [3.63, 3.8) is 0 Å². The second-order valence-corrected chi connectivity index (χ2v) is 11.5. The molecule has 0 aliphatic carbocycles. The molecule has 2 aromatic carbocycles. The minimum Gasteiger partial charge on any atom is -0.506 e. The Balaban J connectivity index is 2.25. The smallest absolute Gasteiger partial charge is 0.405 e. The van der Waals surface area contributed by atoms with E-state index in [0.717, 1.165) is 6.07 Å². The number of hydrogen-bond acceptors (Lipinski definition) is 10. The standard InChI is InChI=1S/C36H44N4O9/c1-20-16-25-31(39-35(44)24-13-9-8-10-14-24)27(41)19-26(32(25)42)38-34(43)21(2)12-11-15-28(46-5)33(49-36(37)45)23(4)18-22(3)30(40-48-7)29(17-20)47-6/h8-16,18-19,22,28-29,33,41-42H,17H2,1-7H3,(H2,37,45)(H,38,43)(H,39,44)/t22-,28-,29-,33-/m0/s1. The molecule has 6 N–H and O–H groups in total. The van der Waals surface area contributed by atoms with Crippen LogP contribution < -0.4 is 16.4 Å². The van der Waals surface area contributed by atoms with Crippen LogP contribution in [0.1, 0.15) is 50.0 Å². The molecule has 0 aromatic heterocycles. The molecule has 0 saturated carbocycles. The number of carbonyl (C=O) groups excluding carboxylic acids is 3. The second kappa shape index (κ2) is 17.7. The quantitative estimate of drug-likeness (QED) is 0.111. The third-order valence-electron chi connectivity index (χ3n) is 7.80. The highest BCUT2D eigenvalue weighted by molar-refractivity contribution is 6.09. The number of primary amides is 1. The Labute approximate surface area is 285 Å². The number of benzene rings is 2. The van der Waals surface area contributed by atoms with E-state index in [1.165, 1.54) is 27.4 Å². The first-order valence-corrected chi connectivity index (χ1v) is 15.4. The number of rotatable bonds is 6. The van der Waals surface area contributed by atoms with Crippen LogP contribution in [0.4, 0.5) is 16.2 Å². The second-order valence-electron chi connectivity index (χ2n) is 11.5. The van der Waals surface area contributed by atoms with E-state index in [1.54, 1.807) is 69.3 Å². The lowest BCUT2D eigenvalue weighted by molar-refractivity contribution is -0.112. The molecule has 0 radical (unpaired) electrons. The number of phenols is 2. The molecule has 4 atom stereocenters. The summed E-state index contributed by atoms with van der Waals surface area (Å²) >= 11 is 0. The van der Waals surface area contributed by atoms with Crippen molar-refractivity contribution >= 4 is 41.1 Å². The number of nitrogens with two attached hydrogens (primary N) is 1. The maximum atomic E-state index is 13.2. The highest BCUT2D eigenvalue weighted by Crippen LogP contribution is 2.42. The summed E-state index contributed by atoms with van der Waals surface area (Å²) in [5, 5.41) is 32.2. The van der Waals surface area contributed by atoms with Gasteiger partial charge in [-0.2, -0.15) is 0 Å². The van der Waals surface area contributed by atoms with Gasteiger partial charge in [0.15, 0.2) is 6.10 Å². The highest BCUT2D eigenvalue weighted by Gasteiger charge is 2.28. The number of nitrogens with one attached hydrogen (secondary N) is 2. The van der Waals surface area contributed by atoms with E-state index >= 15 is 0 Å². The van der Waals surface area contributed by atoms with Crippen LogP contribution in [-0.4, -0.2) is 73.5 Å². The first-order chi connectivity index (χ1) is 23.3. The SMILES string of the molecule is CON=C1[C@@H](OC)CC(C)=Cc2c(O)c(cc(O)c2NC(=O)c2ccccc2)NC(=O)C(C)=CC=C[C@H](OC)[C@@H](OC(N)=O)C(C)=C[C@@H]1C. The van der Waals surface area contributed by atoms with Gasteiger partial charge in [-0.1, -0.05) is 60.2 Å². The molecule has 0 saturated heterocycles. The minimum absolute atomic E-state index is 0.0507. The summed E-state index contributed by atoms with van der Waals surface area (Å²) < 4.78 is 16.9. The molecule has 2 bridgehead atoms. The molecular formula is C36H44N4O9. The molecule has 2 aromatic rings. The summed E-state index contributed by atoms with van der Waals surface area (Å²) in [7, 11) is 4.35. The van der Waals surface area contributed by atoms with Crippen LogP contribution in [0, 0.1) is 5.92 Å². The van der Waals surface area contributed by atoms with Crippen molar-refractivity contribution in [3.8, 4) is 11.5 Å². The first-order valence-electron chi connectivity index (χ1n) is 15.4. The summed E-state index contributed by atoms with van der Waals surface area (Å²) in [5.74, 6) is -2.32. The molecule has 1 aliphatic heterocycles. The number of fused-ring (bicyclic) bond motifs is 2. The number of oxime groups is 1. The van der Waals surface area contributed by atoms with E-state index < -0.39 is 53.6 Å². The van der Waals surface area contributed by atoms with Crippen molar-refractivity contribution < 1.29 is 43.6 Å². The van der Waals surface area contributed by atoms with Crippen molar-refractivity contribution in [2.24, 2.45) is 16.8 Å². The van der Waals surface area contributed by atoms with Crippen LogP contribution in [-0.2, 0) is 23.8 Å². The number of nitrogens with zero attached hydrogens (tertiary/aromatic N) is 1. The third-order valence-corrected chi connectivity index (χ3v) is 7.80. The molecule has 3 rings (SSSR count). The fourth-order valence-electron chi connectivity index (χ4n) is 5.30. The van der Waals surface area contributed by atoms with E-state index in [-0.39, 0.29) is 28.9 Å². The van der Waals surface area contributed by atoms with Crippen LogP contribution in [0.5, 0.6) is 11.5 Å². The summed E-state index contributed by atoms with van der Waals surface area (Å²) in [6.07, 6.45) is 4.91. The van der Waals surface area contributed by atoms with Crippen molar-refractivity contribution in [2.45, 2.75) is 52.4 Å². The molecule has 1 aliphatic rings. The van der Waals surface area contributed by atoms with Crippen LogP contribution in [0.15, 0.2) is 82.6 Å². The molecule has 0 fully saturated rings. The number of ether oxygens (including phenoxy) is 3. The van der Waals surface area contributed by atoms with E-state index in [0.29, 0.717) is 22.4 Å². The molecule has 1 heterocycles. The molecule has 0 spiro atoms. The van der Waals surface area contributed by atoms with Gasteiger partial charge in [0.1, 0.15) is 30.8 Å². The number of amides is 3. The zero-order chi connectivity index (χ0) is 36.2.